The number of piperidine rings is 1. The lowest BCUT2D eigenvalue weighted by Crippen LogP contribution is -2.46. The highest BCUT2D eigenvalue weighted by Crippen LogP contribution is 2.39. The molecule has 1 heterocycles. The van der Waals surface area contributed by atoms with E-state index in [9.17, 15) is 14.4 Å². The smallest absolute Gasteiger partial charge is 0.410 e. The maximum absolute atomic E-state index is 13.8. The molecular weight excluding hydrogens is 331 g/mol. The summed E-state index contributed by atoms with van der Waals surface area (Å²) in [6.07, 6.45) is 1.09. The largest absolute Gasteiger partial charge is 0.444 e. The van der Waals surface area contributed by atoms with Gasteiger partial charge in [-0.15, -0.1) is 0 Å². The quantitative estimate of drug-likeness (QED) is 0.777. The van der Waals surface area contributed by atoms with Crippen molar-refractivity contribution < 1.29 is 13.9 Å². The molecule has 130 valence electrons. The molecule has 0 N–H and O–H groups in total. The molecule has 1 aromatic carbocycles. The summed E-state index contributed by atoms with van der Waals surface area (Å²) >= 11 is 5.76. The highest BCUT2D eigenvalue weighted by Gasteiger charge is 2.38. The molecule has 1 aliphatic heterocycles. The van der Waals surface area contributed by atoms with E-state index in [0.717, 1.165) is 5.56 Å². The third kappa shape index (κ3) is 4.18. The van der Waals surface area contributed by atoms with E-state index in [-0.39, 0.29) is 17.5 Å². The Kier molecular flexibility index (Phi) is 5.39. The molecule has 24 heavy (non-hydrogen) atoms. The number of hydrogen-bond donors (Lipinski definition) is 0. The van der Waals surface area contributed by atoms with Crippen LogP contribution in [0.4, 0.5) is 9.18 Å². The molecule has 6 heteroatoms. The lowest BCUT2D eigenvalue weighted by Gasteiger charge is -2.41. The van der Waals surface area contributed by atoms with E-state index in [2.05, 4.69) is 6.07 Å². The Morgan fingerprint density at radius 2 is 2.04 bits per heavy atom. The van der Waals surface area contributed by atoms with E-state index in [0.29, 0.717) is 25.9 Å². The zero-order valence-corrected chi connectivity index (χ0v) is 15.0. The van der Waals surface area contributed by atoms with Crippen molar-refractivity contribution in [2.24, 2.45) is 0 Å². The van der Waals surface area contributed by atoms with Gasteiger partial charge in [0, 0.05) is 24.9 Å². The van der Waals surface area contributed by atoms with Gasteiger partial charge in [0.25, 0.3) is 0 Å². The Bertz CT molecular complexity index is 656. The topological polar surface area (TPSA) is 53.3 Å². The van der Waals surface area contributed by atoms with Crippen molar-refractivity contribution in [1.29, 1.82) is 5.26 Å². The van der Waals surface area contributed by atoms with Crippen LogP contribution in [0, 0.1) is 17.1 Å². The Morgan fingerprint density at radius 1 is 1.42 bits per heavy atom. The minimum Gasteiger partial charge on any atom is -0.444 e. The fourth-order valence-electron chi connectivity index (χ4n) is 2.99. The van der Waals surface area contributed by atoms with Crippen molar-refractivity contribution in [2.45, 2.75) is 51.0 Å². The van der Waals surface area contributed by atoms with Gasteiger partial charge in [0.05, 0.1) is 11.1 Å². The molecule has 0 atom stereocenters. The Hall–Kier alpha value is -1.80. The number of carbonyl (C=O) groups is 1. The zero-order valence-electron chi connectivity index (χ0n) is 14.2. The van der Waals surface area contributed by atoms with Gasteiger partial charge in [-0.3, -0.25) is 0 Å². The molecule has 4 nitrogen and oxygen atoms in total. The predicted molar refractivity (Wildman–Crippen MR) is 90.4 cm³/mol. The first-order valence-corrected chi connectivity index (χ1v) is 8.35. The SMILES string of the molecule is CC(C)(C)OC(=O)N1CCC(CC#N)(c2ccc(Cl)c(F)c2)CC1. The lowest BCUT2D eigenvalue weighted by molar-refractivity contribution is 0.0165. The highest BCUT2D eigenvalue weighted by atomic mass is 35.5. The number of ether oxygens (including phenoxy) is 1. The first kappa shape index (κ1) is 18.5. The Labute approximate surface area is 147 Å². The standard InChI is InChI=1S/C18H22ClFN2O2/c1-17(2,3)24-16(23)22-10-7-18(6-9-21,8-11-22)13-4-5-14(19)15(20)12-13/h4-5,12H,6-8,10-11H2,1-3H3. The van der Waals surface area contributed by atoms with Crippen LogP contribution in [-0.4, -0.2) is 29.7 Å². The molecule has 0 saturated carbocycles. The highest BCUT2D eigenvalue weighted by molar-refractivity contribution is 6.30. The van der Waals surface area contributed by atoms with Crippen LogP contribution in [0.2, 0.25) is 5.02 Å². The summed E-state index contributed by atoms with van der Waals surface area (Å²) in [6.45, 7) is 6.42. The molecule has 0 spiro atoms. The number of nitriles is 1. The molecule has 2 rings (SSSR count). The van der Waals surface area contributed by atoms with E-state index >= 15 is 0 Å². The fraction of sp³-hybridized carbons (Fsp3) is 0.556. The van der Waals surface area contributed by atoms with E-state index in [4.69, 9.17) is 16.3 Å². The van der Waals surface area contributed by atoms with Crippen molar-refractivity contribution in [3.63, 3.8) is 0 Å². The molecule has 1 saturated heterocycles. The fourth-order valence-corrected chi connectivity index (χ4v) is 3.11. The van der Waals surface area contributed by atoms with Crippen molar-refractivity contribution >= 4 is 17.7 Å². The van der Waals surface area contributed by atoms with Crippen LogP contribution < -0.4 is 0 Å². The minimum atomic E-state index is -0.544. The monoisotopic (exact) mass is 352 g/mol. The van der Waals surface area contributed by atoms with Gasteiger partial charge in [-0.25, -0.2) is 9.18 Å². The van der Waals surface area contributed by atoms with Crippen LogP contribution in [0.3, 0.4) is 0 Å². The molecule has 1 aromatic rings. The van der Waals surface area contributed by atoms with Crippen molar-refractivity contribution in [3.05, 3.63) is 34.6 Å². The summed E-state index contributed by atoms with van der Waals surface area (Å²) in [5.74, 6) is -0.485. The van der Waals surface area contributed by atoms with Crippen LogP contribution in [0.15, 0.2) is 18.2 Å². The van der Waals surface area contributed by atoms with Crippen LogP contribution in [0.1, 0.15) is 45.6 Å². The summed E-state index contributed by atoms with van der Waals surface area (Å²) in [5.41, 5.74) is -0.245. The molecule has 0 aliphatic carbocycles. The van der Waals surface area contributed by atoms with Gasteiger partial charge in [0.1, 0.15) is 11.4 Å². The number of likely N-dealkylation sites (tertiary alicyclic amines) is 1. The predicted octanol–water partition coefficient (Wildman–Crippen LogP) is 4.66. The second-order valence-electron chi connectivity index (χ2n) is 7.21. The van der Waals surface area contributed by atoms with Crippen LogP contribution in [-0.2, 0) is 10.2 Å². The van der Waals surface area contributed by atoms with E-state index < -0.39 is 16.8 Å². The molecule has 1 aliphatic rings. The molecule has 0 radical (unpaired) electrons. The van der Waals surface area contributed by atoms with Gasteiger partial charge < -0.3 is 9.64 Å². The number of halogens is 2. The molecule has 1 fully saturated rings. The second-order valence-corrected chi connectivity index (χ2v) is 7.62. The van der Waals surface area contributed by atoms with Crippen LogP contribution in [0.25, 0.3) is 0 Å². The summed E-state index contributed by atoms with van der Waals surface area (Å²) < 4.78 is 19.2. The summed E-state index contributed by atoms with van der Waals surface area (Å²) in [7, 11) is 0. The van der Waals surface area contributed by atoms with E-state index in [1.54, 1.807) is 11.0 Å². The number of hydrogen-bond acceptors (Lipinski definition) is 3. The molecular formula is C18H22ClFN2O2. The van der Waals surface area contributed by atoms with Gasteiger partial charge in [-0.05, 0) is 51.3 Å². The number of nitrogens with zero attached hydrogens (tertiary/aromatic N) is 2. The molecule has 0 bridgehead atoms. The second kappa shape index (κ2) is 6.98. The third-order valence-electron chi connectivity index (χ3n) is 4.32. The summed E-state index contributed by atoms with van der Waals surface area (Å²) in [4.78, 5) is 13.8. The Balaban J connectivity index is 2.16. The van der Waals surface area contributed by atoms with Gasteiger partial charge in [-0.2, -0.15) is 5.26 Å². The molecule has 0 aromatic heterocycles. The molecule has 0 unspecified atom stereocenters. The number of carbonyl (C=O) groups excluding carboxylic acids is 1. The maximum Gasteiger partial charge on any atom is 0.410 e. The van der Waals surface area contributed by atoms with Gasteiger partial charge >= 0.3 is 6.09 Å². The van der Waals surface area contributed by atoms with Crippen molar-refractivity contribution in [1.82, 2.24) is 4.90 Å². The van der Waals surface area contributed by atoms with Crippen molar-refractivity contribution in [2.75, 3.05) is 13.1 Å². The minimum absolute atomic E-state index is 0.0667. The van der Waals surface area contributed by atoms with Crippen LogP contribution >= 0.6 is 11.6 Å². The summed E-state index contributed by atoms with van der Waals surface area (Å²) in [5, 5.41) is 9.29. The summed E-state index contributed by atoms with van der Waals surface area (Å²) in [6, 6.07) is 6.90. The number of amides is 1. The number of benzene rings is 1. The van der Waals surface area contributed by atoms with Gasteiger partial charge in [-0.1, -0.05) is 17.7 Å². The Morgan fingerprint density at radius 3 is 2.54 bits per heavy atom. The average molecular weight is 353 g/mol. The third-order valence-corrected chi connectivity index (χ3v) is 4.63. The van der Waals surface area contributed by atoms with Crippen LogP contribution in [0.5, 0.6) is 0 Å². The van der Waals surface area contributed by atoms with Gasteiger partial charge in [0.15, 0.2) is 0 Å². The first-order chi connectivity index (χ1) is 11.2. The first-order valence-electron chi connectivity index (χ1n) is 7.97. The average Bonchev–Trinajstić information content (AvgIpc) is 2.49. The molecule has 1 amide bonds. The normalized spacial score (nSPS) is 17.2. The van der Waals surface area contributed by atoms with Crippen molar-refractivity contribution in [3.8, 4) is 6.07 Å². The lowest BCUT2D eigenvalue weighted by atomic mass is 9.71. The number of rotatable bonds is 2. The zero-order chi connectivity index (χ0) is 18.0. The van der Waals surface area contributed by atoms with E-state index in [1.807, 2.05) is 20.8 Å². The van der Waals surface area contributed by atoms with E-state index in [1.165, 1.54) is 12.1 Å². The maximum atomic E-state index is 13.8. The van der Waals surface area contributed by atoms with Gasteiger partial charge in [0.2, 0.25) is 0 Å².